The summed E-state index contributed by atoms with van der Waals surface area (Å²) >= 11 is 1.53. The van der Waals surface area contributed by atoms with E-state index < -0.39 is 15.8 Å². The number of sulfonamides is 1. The summed E-state index contributed by atoms with van der Waals surface area (Å²) in [5, 5.41) is 0. The van der Waals surface area contributed by atoms with Crippen LogP contribution in [0.4, 0.5) is 10.1 Å². The molecule has 1 aromatic carbocycles. The van der Waals surface area contributed by atoms with E-state index in [2.05, 4.69) is 4.72 Å². The maximum absolute atomic E-state index is 13.2. The van der Waals surface area contributed by atoms with Crippen LogP contribution in [-0.2, 0) is 10.0 Å². The summed E-state index contributed by atoms with van der Waals surface area (Å²) in [6, 6.07) is 3.23. The van der Waals surface area contributed by atoms with Crippen LogP contribution in [0.2, 0.25) is 0 Å². The molecule has 1 atom stereocenters. The highest BCUT2D eigenvalue weighted by Gasteiger charge is 2.18. The van der Waals surface area contributed by atoms with E-state index >= 15 is 0 Å². The fraction of sp³-hybridized carbons (Fsp3) is 0.400. The summed E-state index contributed by atoms with van der Waals surface area (Å²) < 4.78 is 39.3. The highest BCUT2D eigenvalue weighted by atomic mass is 32.2. The van der Waals surface area contributed by atoms with E-state index in [1.54, 1.807) is 6.92 Å². The summed E-state index contributed by atoms with van der Waals surface area (Å²) in [4.78, 5) is -0.114. The minimum absolute atomic E-state index is 0.0684. The zero-order valence-corrected chi connectivity index (χ0v) is 11.2. The molecule has 0 amide bonds. The molecular formula is C10H15FN2O2S2. The molecule has 1 rings (SSSR count). The van der Waals surface area contributed by atoms with Crippen LogP contribution in [0.15, 0.2) is 23.1 Å². The molecule has 7 heteroatoms. The first-order valence-electron chi connectivity index (χ1n) is 4.93. The SMILES string of the molecule is CSCC(C)NS(=O)(=O)c1ccc(N)c(F)c1. The van der Waals surface area contributed by atoms with Crippen LogP contribution in [0.25, 0.3) is 0 Å². The summed E-state index contributed by atoms with van der Waals surface area (Å²) in [5.41, 5.74) is 5.22. The lowest BCUT2D eigenvalue weighted by atomic mass is 10.3. The minimum atomic E-state index is -3.68. The lowest BCUT2D eigenvalue weighted by Gasteiger charge is -2.13. The van der Waals surface area contributed by atoms with Crippen molar-refractivity contribution in [1.29, 1.82) is 0 Å². The Morgan fingerprint density at radius 3 is 2.71 bits per heavy atom. The molecule has 0 aliphatic heterocycles. The molecule has 0 saturated carbocycles. The lowest BCUT2D eigenvalue weighted by molar-refractivity contribution is 0.568. The van der Waals surface area contributed by atoms with E-state index in [-0.39, 0.29) is 16.6 Å². The fourth-order valence-electron chi connectivity index (χ4n) is 1.29. The highest BCUT2D eigenvalue weighted by Crippen LogP contribution is 2.16. The smallest absolute Gasteiger partial charge is 0.240 e. The van der Waals surface area contributed by atoms with Crippen molar-refractivity contribution in [3.8, 4) is 0 Å². The normalized spacial score (nSPS) is 13.6. The summed E-state index contributed by atoms with van der Waals surface area (Å²) in [6.45, 7) is 1.75. The zero-order valence-electron chi connectivity index (χ0n) is 9.60. The van der Waals surface area contributed by atoms with E-state index in [4.69, 9.17) is 5.73 Å². The standard InChI is InChI=1S/C10H15FN2O2S2/c1-7(6-16-2)13-17(14,15)8-3-4-10(12)9(11)5-8/h3-5,7,13H,6,12H2,1-2H3. The third kappa shape index (κ3) is 3.86. The van der Waals surface area contributed by atoms with Gasteiger partial charge in [0.15, 0.2) is 0 Å². The molecule has 0 fully saturated rings. The van der Waals surface area contributed by atoms with Crippen LogP contribution in [0.5, 0.6) is 0 Å². The first-order valence-corrected chi connectivity index (χ1v) is 7.81. The monoisotopic (exact) mass is 278 g/mol. The van der Waals surface area contributed by atoms with Crippen molar-refractivity contribution >= 4 is 27.5 Å². The summed E-state index contributed by atoms with van der Waals surface area (Å²) in [5.74, 6) is -0.0816. The number of hydrogen-bond acceptors (Lipinski definition) is 4. The van der Waals surface area contributed by atoms with E-state index in [1.807, 2.05) is 6.26 Å². The fourth-order valence-corrected chi connectivity index (χ4v) is 3.24. The van der Waals surface area contributed by atoms with Crippen LogP contribution >= 0.6 is 11.8 Å². The molecule has 17 heavy (non-hydrogen) atoms. The van der Waals surface area contributed by atoms with Gasteiger partial charge in [0.2, 0.25) is 10.0 Å². The molecule has 0 aliphatic rings. The molecular weight excluding hydrogens is 263 g/mol. The minimum Gasteiger partial charge on any atom is -0.396 e. The van der Waals surface area contributed by atoms with Gasteiger partial charge >= 0.3 is 0 Å². The van der Waals surface area contributed by atoms with Gasteiger partial charge in [-0.2, -0.15) is 11.8 Å². The molecule has 0 aliphatic carbocycles. The third-order valence-corrected chi connectivity index (χ3v) is 4.48. The molecule has 0 spiro atoms. The average molecular weight is 278 g/mol. The van der Waals surface area contributed by atoms with Crippen LogP contribution < -0.4 is 10.5 Å². The van der Waals surface area contributed by atoms with E-state index in [1.165, 1.54) is 23.9 Å². The van der Waals surface area contributed by atoms with E-state index in [0.29, 0.717) is 5.75 Å². The van der Waals surface area contributed by atoms with Gasteiger partial charge in [-0.05, 0) is 31.4 Å². The topological polar surface area (TPSA) is 72.2 Å². The Kier molecular flexibility index (Phi) is 4.79. The first kappa shape index (κ1) is 14.3. The van der Waals surface area contributed by atoms with E-state index in [9.17, 15) is 12.8 Å². The van der Waals surface area contributed by atoms with E-state index in [0.717, 1.165) is 6.07 Å². The first-order chi connectivity index (χ1) is 7.86. The number of nitrogens with two attached hydrogens (primary N) is 1. The third-order valence-electron chi connectivity index (χ3n) is 2.06. The number of halogens is 1. The maximum Gasteiger partial charge on any atom is 0.240 e. The van der Waals surface area contributed by atoms with Gasteiger partial charge in [0, 0.05) is 11.8 Å². The van der Waals surface area contributed by atoms with Gasteiger partial charge in [0.05, 0.1) is 10.6 Å². The lowest BCUT2D eigenvalue weighted by Crippen LogP contribution is -2.34. The Morgan fingerprint density at radius 1 is 1.53 bits per heavy atom. The van der Waals surface area contributed by atoms with Crippen LogP contribution in [-0.4, -0.2) is 26.5 Å². The second-order valence-corrected chi connectivity index (χ2v) is 6.29. The van der Waals surface area contributed by atoms with Gasteiger partial charge in [-0.1, -0.05) is 0 Å². The Labute approximate surface area is 105 Å². The van der Waals surface area contributed by atoms with Crippen LogP contribution in [0.1, 0.15) is 6.92 Å². The number of hydrogen-bond donors (Lipinski definition) is 2. The Hall–Kier alpha value is -0.790. The maximum atomic E-state index is 13.2. The number of benzene rings is 1. The molecule has 4 nitrogen and oxygen atoms in total. The molecule has 0 radical (unpaired) electrons. The molecule has 0 aromatic heterocycles. The number of thioether (sulfide) groups is 1. The molecule has 0 saturated heterocycles. The molecule has 0 bridgehead atoms. The predicted octanol–water partition coefficient (Wildman–Crippen LogP) is 1.44. The second kappa shape index (κ2) is 5.70. The molecule has 1 unspecified atom stereocenters. The number of nitrogens with one attached hydrogen (secondary N) is 1. The number of rotatable bonds is 5. The highest BCUT2D eigenvalue weighted by molar-refractivity contribution is 7.98. The van der Waals surface area contributed by atoms with Gasteiger partial charge in [-0.3, -0.25) is 0 Å². The largest absolute Gasteiger partial charge is 0.396 e. The van der Waals surface area contributed by atoms with Crippen molar-refractivity contribution in [3.63, 3.8) is 0 Å². The van der Waals surface area contributed by atoms with Crippen molar-refractivity contribution < 1.29 is 12.8 Å². The van der Waals surface area contributed by atoms with Crippen molar-refractivity contribution in [2.24, 2.45) is 0 Å². The van der Waals surface area contributed by atoms with Gasteiger partial charge in [0.25, 0.3) is 0 Å². The molecule has 3 N–H and O–H groups in total. The molecule has 96 valence electrons. The Bertz CT molecular complexity index is 491. The van der Waals surface area contributed by atoms with Crippen molar-refractivity contribution in [2.45, 2.75) is 17.9 Å². The summed E-state index contributed by atoms with van der Waals surface area (Å²) in [6.07, 6.45) is 1.88. The summed E-state index contributed by atoms with van der Waals surface area (Å²) in [7, 11) is -3.68. The van der Waals surface area contributed by atoms with Gasteiger partial charge in [-0.15, -0.1) is 0 Å². The van der Waals surface area contributed by atoms with Gasteiger partial charge < -0.3 is 5.73 Å². The number of nitrogen functional groups attached to an aromatic ring is 1. The average Bonchev–Trinajstić information content (AvgIpc) is 2.21. The zero-order chi connectivity index (χ0) is 13.1. The molecule has 1 aromatic rings. The van der Waals surface area contributed by atoms with Crippen LogP contribution in [0, 0.1) is 5.82 Å². The quantitative estimate of drug-likeness (QED) is 0.799. The van der Waals surface area contributed by atoms with Crippen molar-refractivity contribution in [1.82, 2.24) is 4.72 Å². The van der Waals surface area contributed by atoms with Gasteiger partial charge in [-0.25, -0.2) is 17.5 Å². The Balaban J connectivity index is 2.93. The predicted molar refractivity (Wildman–Crippen MR) is 69.0 cm³/mol. The second-order valence-electron chi connectivity index (χ2n) is 3.66. The Morgan fingerprint density at radius 2 is 2.18 bits per heavy atom. The van der Waals surface area contributed by atoms with Crippen molar-refractivity contribution in [3.05, 3.63) is 24.0 Å². The van der Waals surface area contributed by atoms with Gasteiger partial charge in [0.1, 0.15) is 5.82 Å². The van der Waals surface area contributed by atoms with Crippen molar-refractivity contribution in [2.75, 3.05) is 17.7 Å². The molecule has 0 heterocycles. The van der Waals surface area contributed by atoms with Crippen LogP contribution in [0.3, 0.4) is 0 Å². The number of anilines is 1.